The van der Waals surface area contributed by atoms with E-state index in [1.165, 1.54) is 6.26 Å². The predicted molar refractivity (Wildman–Crippen MR) is 74.1 cm³/mol. The molecular weight excluding hydrogens is 264 g/mol. The van der Waals surface area contributed by atoms with Crippen LogP contribution in [0.4, 0.5) is 0 Å². The fraction of sp³-hybridized carbons (Fsp3) is 0.692. The average molecular weight is 286 g/mol. The number of rotatable bonds is 4. The molecule has 6 heteroatoms. The van der Waals surface area contributed by atoms with E-state index in [1.54, 1.807) is 10.6 Å². The summed E-state index contributed by atoms with van der Waals surface area (Å²) in [5.74, 6) is 1.12. The van der Waals surface area contributed by atoms with Crippen LogP contribution in [0, 0.1) is 12.8 Å². The number of hydrogen-bond donors (Lipinski definition) is 1. The van der Waals surface area contributed by atoms with Gasteiger partial charge in [-0.1, -0.05) is 0 Å². The molecule has 19 heavy (non-hydrogen) atoms. The van der Waals surface area contributed by atoms with Crippen molar-refractivity contribution in [3.8, 4) is 0 Å². The van der Waals surface area contributed by atoms with E-state index in [-0.39, 0.29) is 6.04 Å². The monoisotopic (exact) mass is 286 g/mol. The number of aryl methyl sites for hydroxylation is 1. The molecule has 0 aromatic carbocycles. The van der Waals surface area contributed by atoms with Gasteiger partial charge in [-0.25, -0.2) is 12.7 Å². The molecular formula is C13H22N2O3S. The Kier molecular flexibility index (Phi) is 4.32. The molecule has 108 valence electrons. The quantitative estimate of drug-likeness (QED) is 0.913. The maximum absolute atomic E-state index is 11.6. The molecule has 2 unspecified atom stereocenters. The first-order chi connectivity index (χ1) is 8.88. The number of furan rings is 1. The fourth-order valence-corrected chi connectivity index (χ4v) is 3.69. The number of sulfonamides is 1. The highest BCUT2D eigenvalue weighted by Gasteiger charge is 2.28. The topological polar surface area (TPSA) is 76.5 Å². The molecule has 1 aromatic heterocycles. The van der Waals surface area contributed by atoms with Gasteiger partial charge in [0.1, 0.15) is 5.76 Å². The van der Waals surface area contributed by atoms with Crippen molar-refractivity contribution in [3.63, 3.8) is 0 Å². The third-order valence-corrected chi connectivity index (χ3v) is 5.05. The van der Waals surface area contributed by atoms with E-state index in [4.69, 9.17) is 10.2 Å². The highest BCUT2D eigenvalue weighted by Crippen LogP contribution is 2.28. The van der Waals surface area contributed by atoms with E-state index >= 15 is 0 Å². The lowest BCUT2D eigenvalue weighted by Crippen LogP contribution is -2.40. The van der Waals surface area contributed by atoms with Crippen LogP contribution in [0.15, 0.2) is 16.7 Å². The molecule has 0 saturated carbocycles. The van der Waals surface area contributed by atoms with Gasteiger partial charge in [0, 0.05) is 13.1 Å². The van der Waals surface area contributed by atoms with Gasteiger partial charge in [0.15, 0.2) is 0 Å². The van der Waals surface area contributed by atoms with Crippen molar-refractivity contribution in [3.05, 3.63) is 23.7 Å². The number of hydrogen-bond acceptors (Lipinski definition) is 4. The van der Waals surface area contributed by atoms with Crippen LogP contribution in [-0.2, 0) is 10.0 Å². The van der Waals surface area contributed by atoms with Gasteiger partial charge in [-0.2, -0.15) is 0 Å². The molecule has 2 heterocycles. The standard InChI is InChI=1S/C13H22N2O3S/c1-10-5-7-18-13(10)12(14)8-11-4-3-6-15(9-11)19(2,16)17/h5,7,11-12H,3-4,6,8-9,14H2,1-2H3. The van der Waals surface area contributed by atoms with Crippen molar-refractivity contribution in [1.29, 1.82) is 0 Å². The maximum atomic E-state index is 11.6. The minimum absolute atomic E-state index is 0.153. The van der Waals surface area contributed by atoms with Crippen molar-refractivity contribution in [1.82, 2.24) is 4.31 Å². The third kappa shape index (κ3) is 3.58. The maximum Gasteiger partial charge on any atom is 0.211 e. The minimum atomic E-state index is -3.09. The molecule has 1 fully saturated rings. The van der Waals surface area contributed by atoms with Crippen molar-refractivity contribution in [2.24, 2.45) is 11.7 Å². The average Bonchev–Trinajstić information content (AvgIpc) is 2.75. The number of nitrogens with zero attached hydrogens (tertiary/aromatic N) is 1. The van der Waals surface area contributed by atoms with E-state index in [1.807, 2.05) is 13.0 Å². The van der Waals surface area contributed by atoms with Crippen LogP contribution in [0.25, 0.3) is 0 Å². The molecule has 2 atom stereocenters. The molecule has 1 saturated heterocycles. The lowest BCUT2D eigenvalue weighted by molar-refractivity contribution is 0.241. The fourth-order valence-electron chi connectivity index (χ4n) is 2.75. The van der Waals surface area contributed by atoms with Crippen LogP contribution >= 0.6 is 0 Å². The summed E-state index contributed by atoms with van der Waals surface area (Å²) in [5, 5.41) is 0. The summed E-state index contributed by atoms with van der Waals surface area (Å²) in [6.07, 6.45) is 5.61. The Labute approximate surface area is 114 Å². The van der Waals surface area contributed by atoms with Crippen LogP contribution in [0.3, 0.4) is 0 Å². The Bertz CT molecular complexity index is 524. The van der Waals surface area contributed by atoms with Gasteiger partial charge >= 0.3 is 0 Å². The van der Waals surface area contributed by atoms with Gasteiger partial charge in [0.2, 0.25) is 10.0 Å². The summed E-state index contributed by atoms with van der Waals surface area (Å²) in [6.45, 7) is 3.18. The van der Waals surface area contributed by atoms with Crippen molar-refractivity contribution in [2.45, 2.75) is 32.2 Å². The summed E-state index contributed by atoms with van der Waals surface area (Å²) in [7, 11) is -3.09. The molecule has 0 bridgehead atoms. The van der Waals surface area contributed by atoms with E-state index in [0.29, 0.717) is 19.0 Å². The van der Waals surface area contributed by atoms with Crippen LogP contribution in [-0.4, -0.2) is 32.1 Å². The first-order valence-corrected chi connectivity index (χ1v) is 8.47. The van der Waals surface area contributed by atoms with Crippen LogP contribution in [0.2, 0.25) is 0 Å². The zero-order valence-electron chi connectivity index (χ0n) is 11.5. The third-order valence-electron chi connectivity index (χ3n) is 3.78. The minimum Gasteiger partial charge on any atom is -0.467 e. The first kappa shape index (κ1) is 14.6. The smallest absolute Gasteiger partial charge is 0.211 e. The highest BCUT2D eigenvalue weighted by atomic mass is 32.2. The number of piperidine rings is 1. The second-order valence-electron chi connectivity index (χ2n) is 5.44. The zero-order valence-corrected chi connectivity index (χ0v) is 12.3. The van der Waals surface area contributed by atoms with Gasteiger partial charge in [-0.05, 0) is 43.7 Å². The molecule has 2 N–H and O–H groups in total. The Hall–Kier alpha value is -0.850. The van der Waals surface area contributed by atoms with Crippen molar-refractivity contribution < 1.29 is 12.8 Å². The highest BCUT2D eigenvalue weighted by molar-refractivity contribution is 7.88. The Morgan fingerprint density at radius 2 is 2.32 bits per heavy atom. The van der Waals surface area contributed by atoms with E-state index < -0.39 is 10.0 Å². The summed E-state index contributed by atoms with van der Waals surface area (Å²) in [4.78, 5) is 0. The lowest BCUT2D eigenvalue weighted by Gasteiger charge is -2.32. The zero-order chi connectivity index (χ0) is 14.0. The lowest BCUT2D eigenvalue weighted by atomic mass is 9.91. The van der Waals surface area contributed by atoms with Gasteiger partial charge in [0.05, 0.1) is 18.6 Å². The normalized spacial score (nSPS) is 23.4. The van der Waals surface area contributed by atoms with E-state index in [2.05, 4.69) is 0 Å². The van der Waals surface area contributed by atoms with Crippen LogP contribution < -0.4 is 5.73 Å². The molecule has 1 aliphatic heterocycles. The van der Waals surface area contributed by atoms with Gasteiger partial charge in [-0.15, -0.1) is 0 Å². The van der Waals surface area contributed by atoms with E-state index in [9.17, 15) is 8.42 Å². The second-order valence-corrected chi connectivity index (χ2v) is 7.42. The SMILES string of the molecule is Cc1ccoc1C(N)CC1CCCN(S(C)(=O)=O)C1. The molecule has 0 radical (unpaired) electrons. The van der Waals surface area contributed by atoms with Gasteiger partial charge in [-0.3, -0.25) is 0 Å². The molecule has 0 amide bonds. The summed E-state index contributed by atoms with van der Waals surface area (Å²) in [5.41, 5.74) is 7.22. The van der Waals surface area contributed by atoms with Crippen molar-refractivity contribution >= 4 is 10.0 Å². The first-order valence-electron chi connectivity index (χ1n) is 6.62. The van der Waals surface area contributed by atoms with Crippen molar-refractivity contribution in [2.75, 3.05) is 19.3 Å². The van der Waals surface area contributed by atoms with E-state index in [0.717, 1.165) is 30.6 Å². The predicted octanol–water partition coefficient (Wildman–Crippen LogP) is 1.65. The molecule has 1 aromatic rings. The summed E-state index contributed by atoms with van der Waals surface area (Å²) < 4.78 is 30.1. The van der Waals surface area contributed by atoms with Crippen LogP contribution in [0.5, 0.6) is 0 Å². The largest absolute Gasteiger partial charge is 0.467 e. The Morgan fingerprint density at radius 3 is 2.89 bits per heavy atom. The molecule has 0 aliphatic carbocycles. The Morgan fingerprint density at radius 1 is 1.58 bits per heavy atom. The molecule has 2 rings (SSSR count). The molecule has 0 spiro atoms. The van der Waals surface area contributed by atoms with Crippen LogP contribution in [0.1, 0.15) is 36.6 Å². The molecule has 1 aliphatic rings. The summed E-state index contributed by atoms with van der Waals surface area (Å²) >= 11 is 0. The molecule has 5 nitrogen and oxygen atoms in total. The van der Waals surface area contributed by atoms with Gasteiger partial charge < -0.3 is 10.2 Å². The van der Waals surface area contributed by atoms with Gasteiger partial charge in [0.25, 0.3) is 0 Å². The second kappa shape index (κ2) is 5.64. The Balaban J connectivity index is 1.98. The number of nitrogens with two attached hydrogens (primary N) is 1. The summed E-state index contributed by atoms with van der Waals surface area (Å²) in [6, 6.07) is 1.75.